The SMILES string of the molecule is O=C(NCc1cccnc1)c1cccc2c1C=CS2(O)O. The first-order valence-corrected chi connectivity index (χ1v) is 7.95. The van der Waals surface area contributed by atoms with Crippen molar-refractivity contribution in [3.63, 3.8) is 0 Å². The molecule has 6 heteroatoms. The largest absolute Gasteiger partial charge is 0.348 e. The van der Waals surface area contributed by atoms with Gasteiger partial charge in [-0.25, -0.2) is 0 Å². The van der Waals surface area contributed by atoms with E-state index < -0.39 is 10.6 Å². The zero-order valence-electron chi connectivity index (χ0n) is 11.1. The molecule has 1 aliphatic heterocycles. The van der Waals surface area contributed by atoms with E-state index >= 15 is 0 Å². The molecule has 0 aliphatic carbocycles. The second-order valence-electron chi connectivity index (χ2n) is 4.66. The van der Waals surface area contributed by atoms with Crippen LogP contribution in [0.5, 0.6) is 0 Å². The van der Waals surface area contributed by atoms with Crippen molar-refractivity contribution < 1.29 is 13.9 Å². The predicted molar refractivity (Wildman–Crippen MR) is 82.0 cm³/mol. The molecule has 3 N–H and O–H groups in total. The molecule has 0 radical (unpaired) electrons. The maximum atomic E-state index is 12.3. The van der Waals surface area contributed by atoms with Crippen molar-refractivity contribution in [3.05, 3.63) is 64.8 Å². The minimum atomic E-state index is -2.90. The number of nitrogens with one attached hydrogen (secondary N) is 1. The van der Waals surface area contributed by atoms with Crippen molar-refractivity contribution >= 4 is 22.6 Å². The topological polar surface area (TPSA) is 82.5 Å². The molecule has 0 atom stereocenters. The minimum Gasteiger partial charge on any atom is -0.348 e. The van der Waals surface area contributed by atoms with E-state index in [2.05, 4.69) is 10.3 Å². The number of fused-ring (bicyclic) bond motifs is 1. The third kappa shape index (κ3) is 2.69. The van der Waals surface area contributed by atoms with Crippen LogP contribution in [-0.2, 0) is 6.54 Å². The van der Waals surface area contributed by atoms with E-state index in [0.717, 1.165) is 5.56 Å². The first kappa shape index (κ1) is 13.8. The fourth-order valence-corrected chi connectivity index (χ4v) is 3.45. The quantitative estimate of drug-likeness (QED) is 0.813. The summed E-state index contributed by atoms with van der Waals surface area (Å²) < 4.78 is 19.7. The molecule has 3 rings (SSSR count). The molecule has 0 unspecified atom stereocenters. The lowest BCUT2D eigenvalue weighted by atomic mass is 10.1. The van der Waals surface area contributed by atoms with Gasteiger partial charge in [-0.3, -0.25) is 18.9 Å². The summed E-state index contributed by atoms with van der Waals surface area (Å²) in [5.41, 5.74) is 1.91. The van der Waals surface area contributed by atoms with Crippen LogP contribution in [0.2, 0.25) is 0 Å². The van der Waals surface area contributed by atoms with Gasteiger partial charge in [0.05, 0.1) is 4.90 Å². The van der Waals surface area contributed by atoms with Crippen LogP contribution < -0.4 is 5.32 Å². The Kier molecular flexibility index (Phi) is 3.50. The van der Waals surface area contributed by atoms with Crippen LogP contribution in [0, 0.1) is 0 Å². The van der Waals surface area contributed by atoms with E-state index in [-0.39, 0.29) is 5.91 Å². The van der Waals surface area contributed by atoms with Gasteiger partial charge in [-0.2, -0.15) is 0 Å². The van der Waals surface area contributed by atoms with Crippen molar-refractivity contribution in [2.45, 2.75) is 11.4 Å². The highest BCUT2D eigenvalue weighted by atomic mass is 32.3. The minimum absolute atomic E-state index is 0.252. The van der Waals surface area contributed by atoms with E-state index in [1.54, 1.807) is 42.7 Å². The Morgan fingerprint density at radius 3 is 2.86 bits per heavy atom. The molecule has 0 saturated heterocycles. The number of hydrogen-bond acceptors (Lipinski definition) is 4. The Hall–Kier alpha value is -2.15. The normalized spacial score (nSPS) is 16.3. The molecule has 0 bridgehead atoms. The predicted octanol–water partition coefficient (Wildman–Crippen LogP) is 3.11. The third-order valence-electron chi connectivity index (χ3n) is 3.23. The third-order valence-corrected chi connectivity index (χ3v) is 4.75. The zero-order valence-corrected chi connectivity index (χ0v) is 11.9. The molecule has 108 valence electrons. The molecule has 0 fully saturated rings. The Balaban J connectivity index is 1.81. The highest BCUT2D eigenvalue weighted by Gasteiger charge is 2.25. The lowest BCUT2D eigenvalue weighted by Crippen LogP contribution is -2.23. The van der Waals surface area contributed by atoms with Gasteiger partial charge in [0.25, 0.3) is 5.91 Å². The molecule has 1 aromatic heterocycles. The molecule has 0 saturated carbocycles. The van der Waals surface area contributed by atoms with Crippen LogP contribution in [0.15, 0.2) is 53.0 Å². The number of carbonyl (C=O) groups is 1. The summed E-state index contributed by atoms with van der Waals surface area (Å²) in [7, 11) is -2.90. The second-order valence-corrected chi connectivity index (χ2v) is 6.55. The molecular weight excluding hydrogens is 288 g/mol. The van der Waals surface area contributed by atoms with Crippen molar-refractivity contribution in [3.8, 4) is 0 Å². The molecule has 5 nitrogen and oxygen atoms in total. The summed E-state index contributed by atoms with van der Waals surface area (Å²) >= 11 is 0. The van der Waals surface area contributed by atoms with Gasteiger partial charge in [0, 0.05) is 35.5 Å². The van der Waals surface area contributed by atoms with E-state index in [1.165, 1.54) is 5.41 Å². The van der Waals surface area contributed by atoms with E-state index in [0.29, 0.717) is 22.6 Å². The van der Waals surface area contributed by atoms with E-state index in [1.807, 2.05) is 6.07 Å². The molecule has 2 aromatic rings. The number of hydrogen-bond donors (Lipinski definition) is 3. The summed E-state index contributed by atoms with van der Waals surface area (Å²) in [6.45, 7) is 0.371. The molecular formula is C15H14N2O3S. The van der Waals surface area contributed by atoms with Crippen molar-refractivity contribution in [2.75, 3.05) is 0 Å². The van der Waals surface area contributed by atoms with Gasteiger partial charge in [-0.05, 0) is 29.8 Å². The smallest absolute Gasteiger partial charge is 0.252 e. The van der Waals surface area contributed by atoms with Crippen LogP contribution in [0.25, 0.3) is 6.08 Å². The number of carbonyl (C=O) groups excluding carboxylic acids is 1. The number of aromatic nitrogens is 1. The van der Waals surface area contributed by atoms with Crippen molar-refractivity contribution in [1.29, 1.82) is 0 Å². The molecule has 1 aromatic carbocycles. The van der Waals surface area contributed by atoms with Gasteiger partial charge in [-0.1, -0.05) is 12.1 Å². The fourth-order valence-electron chi connectivity index (χ4n) is 2.19. The number of benzene rings is 1. The van der Waals surface area contributed by atoms with Gasteiger partial charge < -0.3 is 5.32 Å². The molecule has 1 amide bonds. The van der Waals surface area contributed by atoms with Crippen LogP contribution in [0.3, 0.4) is 0 Å². The fraction of sp³-hybridized carbons (Fsp3) is 0.0667. The highest BCUT2D eigenvalue weighted by Crippen LogP contribution is 2.56. The maximum absolute atomic E-state index is 12.3. The van der Waals surface area contributed by atoms with Gasteiger partial charge in [0.15, 0.2) is 0 Å². The maximum Gasteiger partial charge on any atom is 0.252 e. The monoisotopic (exact) mass is 302 g/mol. The van der Waals surface area contributed by atoms with Crippen LogP contribution in [-0.4, -0.2) is 20.0 Å². The first-order chi connectivity index (χ1) is 10.1. The molecule has 0 spiro atoms. The standard InChI is InChI=1S/C15H14N2O3S/c18-15(17-10-11-3-2-7-16-9-11)13-4-1-5-14-12(13)6-8-21(14,19)20/h1-9,19-20H,10H2,(H,17,18). The van der Waals surface area contributed by atoms with Gasteiger partial charge in [-0.15, -0.1) is 10.6 Å². The van der Waals surface area contributed by atoms with Crippen LogP contribution in [0.4, 0.5) is 0 Å². The Morgan fingerprint density at radius 2 is 2.10 bits per heavy atom. The highest BCUT2D eigenvalue weighted by molar-refractivity contribution is 8.27. The molecule has 1 aliphatic rings. The second kappa shape index (κ2) is 5.33. The number of nitrogens with zero attached hydrogens (tertiary/aromatic N) is 1. The van der Waals surface area contributed by atoms with Gasteiger partial charge in [0.1, 0.15) is 0 Å². The summed E-state index contributed by atoms with van der Waals surface area (Å²) in [5, 5.41) is 4.15. The lowest BCUT2D eigenvalue weighted by molar-refractivity contribution is 0.0950. The number of amides is 1. The molecule has 2 heterocycles. The van der Waals surface area contributed by atoms with Crippen LogP contribution in [0.1, 0.15) is 21.5 Å². The average Bonchev–Trinajstić information content (AvgIpc) is 2.82. The summed E-state index contributed by atoms with van der Waals surface area (Å²) in [5.74, 6) is -0.252. The summed E-state index contributed by atoms with van der Waals surface area (Å²) in [6, 6.07) is 8.63. The Labute approximate surface area is 123 Å². The van der Waals surface area contributed by atoms with Gasteiger partial charge >= 0.3 is 0 Å². The molecule has 21 heavy (non-hydrogen) atoms. The van der Waals surface area contributed by atoms with Crippen molar-refractivity contribution in [2.24, 2.45) is 0 Å². The lowest BCUT2D eigenvalue weighted by Gasteiger charge is -2.25. The Morgan fingerprint density at radius 1 is 1.24 bits per heavy atom. The van der Waals surface area contributed by atoms with E-state index in [4.69, 9.17) is 0 Å². The number of rotatable bonds is 3. The Bertz CT molecular complexity index is 714. The summed E-state index contributed by atoms with van der Waals surface area (Å²) in [6.07, 6.45) is 4.95. The van der Waals surface area contributed by atoms with Crippen molar-refractivity contribution in [1.82, 2.24) is 10.3 Å². The summed E-state index contributed by atoms with van der Waals surface area (Å²) in [4.78, 5) is 16.7. The number of pyridine rings is 1. The van der Waals surface area contributed by atoms with Gasteiger partial charge in [0.2, 0.25) is 0 Å². The average molecular weight is 302 g/mol. The van der Waals surface area contributed by atoms with E-state index in [9.17, 15) is 13.9 Å². The first-order valence-electron chi connectivity index (χ1n) is 6.34. The van der Waals surface area contributed by atoms with Crippen LogP contribution >= 0.6 is 10.6 Å². The zero-order chi connectivity index (χ0) is 14.9.